The Morgan fingerprint density at radius 2 is 1.78 bits per heavy atom. The second-order valence-electron chi connectivity index (χ2n) is 10.6. The van der Waals surface area contributed by atoms with Gasteiger partial charge in [0.05, 0.1) is 24.8 Å². The predicted octanol–water partition coefficient (Wildman–Crippen LogP) is 4.96. The van der Waals surface area contributed by atoms with E-state index in [1.807, 2.05) is 44.2 Å². The summed E-state index contributed by atoms with van der Waals surface area (Å²) >= 11 is 0. The van der Waals surface area contributed by atoms with Crippen molar-refractivity contribution in [2.75, 3.05) is 6.54 Å². The number of carbonyl (C=O) groups excluding carboxylic acids is 1. The van der Waals surface area contributed by atoms with E-state index < -0.39 is 29.1 Å². The van der Waals surface area contributed by atoms with Gasteiger partial charge in [0.1, 0.15) is 17.5 Å². The molecule has 1 aliphatic rings. The van der Waals surface area contributed by atoms with Crippen molar-refractivity contribution in [3.05, 3.63) is 71.6 Å². The van der Waals surface area contributed by atoms with Crippen LogP contribution in [0.25, 0.3) is 11.4 Å². The summed E-state index contributed by atoms with van der Waals surface area (Å²) in [4.78, 5) is 19.0. The molecule has 9 heteroatoms. The number of benzene rings is 2. The number of hydrogen-bond acceptors (Lipinski definition) is 4. The summed E-state index contributed by atoms with van der Waals surface area (Å²) in [5, 5.41) is 4.69. The summed E-state index contributed by atoms with van der Waals surface area (Å²) in [5.41, 5.74) is 6.66. The third kappa shape index (κ3) is 5.41. The first-order valence-electron chi connectivity index (χ1n) is 12.1. The number of carbonyl (C=O) groups is 1. The number of aromatic nitrogens is 3. The summed E-state index contributed by atoms with van der Waals surface area (Å²) in [6, 6.07) is 12.0. The molecule has 3 unspecified atom stereocenters. The molecular formula is C27H33F2N5O2. The molecular weight excluding hydrogens is 464 g/mol. The Morgan fingerprint density at radius 1 is 1.14 bits per heavy atom. The SMILES string of the molecule is CC1CN(C(N)=O)C([C@H](c2nc(-c3cc(F)cc(F)c3)nn2Cc2ccccc2)C(C)(C)C)C(C)O1. The summed E-state index contributed by atoms with van der Waals surface area (Å²) in [5.74, 6) is -0.969. The number of amides is 2. The number of urea groups is 1. The highest BCUT2D eigenvalue weighted by atomic mass is 19.1. The first-order valence-corrected chi connectivity index (χ1v) is 12.1. The van der Waals surface area contributed by atoms with Crippen molar-refractivity contribution in [2.24, 2.45) is 11.1 Å². The molecule has 4 atom stereocenters. The molecule has 0 aliphatic carbocycles. The number of morpholine rings is 1. The van der Waals surface area contributed by atoms with Crippen LogP contribution in [0.2, 0.25) is 0 Å². The second-order valence-corrected chi connectivity index (χ2v) is 10.6. The normalized spacial score (nSPS) is 21.4. The van der Waals surface area contributed by atoms with Crippen LogP contribution in [0.4, 0.5) is 13.6 Å². The van der Waals surface area contributed by atoms with Crippen LogP contribution in [0, 0.1) is 17.0 Å². The lowest BCUT2D eigenvalue weighted by molar-refractivity contribution is -0.104. The van der Waals surface area contributed by atoms with Gasteiger partial charge >= 0.3 is 6.03 Å². The van der Waals surface area contributed by atoms with Crippen molar-refractivity contribution < 1.29 is 18.3 Å². The van der Waals surface area contributed by atoms with Crippen molar-refractivity contribution in [3.63, 3.8) is 0 Å². The number of nitrogens with two attached hydrogens (primary N) is 1. The Labute approximate surface area is 210 Å². The number of nitrogens with zero attached hydrogens (tertiary/aromatic N) is 4. The first-order chi connectivity index (χ1) is 16.9. The van der Waals surface area contributed by atoms with Crippen LogP contribution >= 0.6 is 0 Å². The van der Waals surface area contributed by atoms with E-state index in [4.69, 9.17) is 20.6 Å². The minimum Gasteiger partial charge on any atom is -0.372 e. The number of ether oxygens (including phenoxy) is 1. The van der Waals surface area contributed by atoms with Crippen LogP contribution < -0.4 is 5.73 Å². The molecule has 2 aromatic carbocycles. The first kappa shape index (κ1) is 25.8. The molecule has 192 valence electrons. The zero-order valence-electron chi connectivity index (χ0n) is 21.3. The van der Waals surface area contributed by atoms with Crippen LogP contribution in [-0.2, 0) is 11.3 Å². The van der Waals surface area contributed by atoms with Crippen molar-refractivity contribution in [3.8, 4) is 11.4 Å². The van der Waals surface area contributed by atoms with Gasteiger partial charge in [-0.05, 0) is 37.0 Å². The van der Waals surface area contributed by atoms with Gasteiger partial charge in [0.15, 0.2) is 5.82 Å². The lowest BCUT2D eigenvalue weighted by atomic mass is 9.73. The molecule has 0 saturated carbocycles. The zero-order chi connectivity index (χ0) is 26.2. The van der Waals surface area contributed by atoms with Crippen molar-refractivity contribution in [1.29, 1.82) is 0 Å². The molecule has 7 nitrogen and oxygen atoms in total. The molecule has 1 saturated heterocycles. The second kappa shape index (κ2) is 9.97. The lowest BCUT2D eigenvalue weighted by Gasteiger charge is -2.48. The smallest absolute Gasteiger partial charge is 0.315 e. The average Bonchev–Trinajstić information content (AvgIpc) is 3.17. The molecule has 1 aliphatic heterocycles. The quantitative estimate of drug-likeness (QED) is 0.540. The van der Waals surface area contributed by atoms with E-state index in [2.05, 4.69) is 20.8 Å². The van der Waals surface area contributed by atoms with Gasteiger partial charge in [-0.15, -0.1) is 0 Å². The van der Waals surface area contributed by atoms with E-state index in [0.29, 0.717) is 18.9 Å². The van der Waals surface area contributed by atoms with E-state index in [9.17, 15) is 13.6 Å². The van der Waals surface area contributed by atoms with Gasteiger partial charge in [0.2, 0.25) is 0 Å². The van der Waals surface area contributed by atoms with Gasteiger partial charge in [-0.25, -0.2) is 23.2 Å². The van der Waals surface area contributed by atoms with Crippen molar-refractivity contribution in [1.82, 2.24) is 19.7 Å². The van der Waals surface area contributed by atoms with Crippen LogP contribution in [-0.4, -0.2) is 50.5 Å². The minimum atomic E-state index is -0.707. The van der Waals surface area contributed by atoms with E-state index in [-0.39, 0.29) is 29.5 Å². The molecule has 36 heavy (non-hydrogen) atoms. The van der Waals surface area contributed by atoms with E-state index in [1.165, 1.54) is 12.1 Å². The largest absolute Gasteiger partial charge is 0.372 e. The Kier molecular flexibility index (Phi) is 7.13. The molecule has 3 aromatic rings. The summed E-state index contributed by atoms with van der Waals surface area (Å²) in [6.07, 6.45) is -0.500. The molecule has 1 fully saturated rings. The summed E-state index contributed by atoms with van der Waals surface area (Å²) in [6.45, 7) is 10.8. The molecule has 2 N–H and O–H groups in total. The molecule has 1 aromatic heterocycles. The van der Waals surface area contributed by atoms with E-state index >= 15 is 0 Å². The Morgan fingerprint density at radius 3 is 2.36 bits per heavy atom. The van der Waals surface area contributed by atoms with Gasteiger partial charge in [-0.3, -0.25) is 0 Å². The Bertz CT molecular complexity index is 1200. The van der Waals surface area contributed by atoms with Gasteiger partial charge < -0.3 is 15.4 Å². The van der Waals surface area contributed by atoms with Gasteiger partial charge in [-0.1, -0.05) is 51.1 Å². The monoisotopic (exact) mass is 497 g/mol. The number of rotatable bonds is 5. The average molecular weight is 498 g/mol. The van der Waals surface area contributed by atoms with E-state index in [0.717, 1.165) is 11.6 Å². The van der Waals surface area contributed by atoms with Gasteiger partial charge in [-0.2, -0.15) is 5.10 Å². The molecule has 2 heterocycles. The topological polar surface area (TPSA) is 86.3 Å². The maximum absolute atomic E-state index is 14.1. The minimum absolute atomic E-state index is 0.169. The number of primary amides is 1. The molecule has 0 bridgehead atoms. The highest BCUT2D eigenvalue weighted by molar-refractivity contribution is 5.73. The lowest BCUT2D eigenvalue weighted by Crippen LogP contribution is -2.61. The Hall–Kier alpha value is -3.33. The van der Waals surface area contributed by atoms with Gasteiger partial charge in [0.25, 0.3) is 0 Å². The number of hydrogen-bond donors (Lipinski definition) is 1. The fraction of sp³-hybridized carbons (Fsp3) is 0.444. The molecule has 4 rings (SSSR count). The fourth-order valence-corrected chi connectivity index (χ4v) is 5.14. The third-order valence-electron chi connectivity index (χ3n) is 6.57. The fourth-order valence-electron chi connectivity index (χ4n) is 5.14. The van der Waals surface area contributed by atoms with Crippen molar-refractivity contribution in [2.45, 2.75) is 65.3 Å². The highest BCUT2D eigenvalue weighted by Gasteiger charge is 2.47. The Balaban J connectivity index is 1.89. The standard InChI is InChI=1S/C27H33F2N5O2/c1-16-14-33(26(30)35)23(17(2)36-16)22(27(3,4)5)25-31-24(19-11-20(28)13-21(29)12-19)32-34(25)15-18-9-7-6-8-10-18/h6-13,16-17,22-23H,14-15H2,1-5H3,(H2,30,35)/t16?,17?,22-,23?/m1/s1. The zero-order valence-corrected chi connectivity index (χ0v) is 21.3. The number of halogens is 2. The van der Waals surface area contributed by atoms with Gasteiger partial charge in [0, 0.05) is 24.1 Å². The van der Waals surface area contributed by atoms with Crippen LogP contribution in [0.5, 0.6) is 0 Å². The maximum atomic E-state index is 14.1. The van der Waals surface area contributed by atoms with Crippen LogP contribution in [0.3, 0.4) is 0 Å². The predicted molar refractivity (Wildman–Crippen MR) is 133 cm³/mol. The van der Waals surface area contributed by atoms with Crippen molar-refractivity contribution >= 4 is 6.03 Å². The van der Waals surface area contributed by atoms with Crippen LogP contribution in [0.1, 0.15) is 51.9 Å². The summed E-state index contributed by atoms with van der Waals surface area (Å²) in [7, 11) is 0. The third-order valence-corrected chi connectivity index (χ3v) is 6.57. The van der Waals surface area contributed by atoms with E-state index in [1.54, 1.807) is 9.58 Å². The highest BCUT2D eigenvalue weighted by Crippen LogP contribution is 2.43. The van der Waals surface area contributed by atoms with Crippen LogP contribution in [0.15, 0.2) is 48.5 Å². The molecule has 0 radical (unpaired) electrons. The summed E-state index contributed by atoms with van der Waals surface area (Å²) < 4.78 is 36.0. The molecule has 0 spiro atoms. The maximum Gasteiger partial charge on any atom is 0.315 e. The molecule has 2 amide bonds.